The minimum Gasteiger partial charge on any atom is -0.348 e. The van der Waals surface area contributed by atoms with Crippen LogP contribution in [0.5, 0.6) is 0 Å². The molecule has 0 aliphatic heterocycles. The number of nitrogens with one attached hydrogen (secondary N) is 2. The Kier molecular flexibility index (Phi) is 6.73. The summed E-state index contributed by atoms with van der Waals surface area (Å²) in [4.78, 5) is 41.7. The fourth-order valence-electron chi connectivity index (χ4n) is 3.98. The lowest BCUT2D eigenvalue weighted by Crippen LogP contribution is -2.46. The second kappa shape index (κ2) is 9.76. The number of carbonyl (C=O) groups is 1. The van der Waals surface area contributed by atoms with Crippen LogP contribution in [-0.4, -0.2) is 15.5 Å². The highest BCUT2D eigenvalue weighted by atomic mass is 19.1. The number of hydrogen-bond acceptors (Lipinski definition) is 3. The van der Waals surface area contributed by atoms with E-state index in [1.165, 1.54) is 13.0 Å². The molecule has 0 unspecified atom stereocenters. The number of fused-ring (bicyclic) bond motifs is 1. The third kappa shape index (κ3) is 5.04. The summed E-state index contributed by atoms with van der Waals surface area (Å²) in [5.74, 6) is -5.42. The van der Waals surface area contributed by atoms with Crippen LogP contribution in [-0.2, 0) is 11.2 Å². The standard InChI is InChI=1S/C25H18F5N3O3/c1-12(18-4-2-15(27)11-20(18)30)31-23(34)22(8-13-6-16(28)9-17(29)7-13)33-24(35)19-10-14(26)3-5-21(19)32-25(33)36/h2-7,9-12,22H,8H2,1H3,(H,31,34)(H,32,36)/t12-,22-/m1/s1. The summed E-state index contributed by atoms with van der Waals surface area (Å²) >= 11 is 0. The smallest absolute Gasteiger partial charge is 0.329 e. The first-order chi connectivity index (χ1) is 17.0. The van der Waals surface area contributed by atoms with Crippen molar-refractivity contribution in [2.75, 3.05) is 0 Å². The summed E-state index contributed by atoms with van der Waals surface area (Å²) in [6.07, 6.45) is -0.511. The number of H-pyrrole nitrogens is 1. The van der Waals surface area contributed by atoms with Crippen LogP contribution >= 0.6 is 0 Å². The molecule has 0 aliphatic carbocycles. The molecule has 3 aromatic carbocycles. The second-order valence-corrected chi connectivity index (χ2v) is 8.19. The van der Waals surface area contributed by atoms with Crippen LogP contribution in [0.2, 0.25) is 0 Å². The lowest BCUT2D eigenvalue weighted by atomic mass is 10.0. The molecule has 0 aliphatic rings. The third-order valence-electron chi connectivity index (χ3n) is 5.64. The van der Waals surface area contributed by atoms with Crippen molar-refractivity contribution in [2.24, 2.45) is 0 Å². The van der Waals surface area contributed by atoms with Gasteiger partial charge < -0.3 is 10.3 Å². The van der Waals surface area contributed by atoms with Gasteiger partial charge in [-0.15, -0.1) is 0 Å². The van der Waals surface area contributed by atoms with Crippen LogP contribution in [0.3, 0.4) is 0 Å². The number of aromatic nitrogens is 2. The molecule has 11 heteroatoms. The SMILES string of the molecule is C[C@@H](NC(=O)[C@@H](Cc1cc(F)cc(F)c1)n1c(=O)[nH]c2ccc(F)cc2c1=O)c1ccc(F)cc1F. The molecule has 1 aromatic heterocycles. The number of nitrogens with zero attached hydrogens (tertiary/aromatic N) is 1. The molecule has 4 aromatic rings. The molecular formula is C25H18F5N3O3. The molecule has 6 nitrogen and oxygen atoms in total. The minimum absolute atomic E-state index is 0.0142. The van der Waals surface area contributed by atoms with Gasteiger partial charge in [0.15, 0.2) is 0 Å². The van der Waals surface area contributed by atoms with Crippen molar-refractivity contribution in [3.63, 3.8) is 0 Å². The molecule has 2 N–H and O–H groups in total. The average Bonchev–Trinajstić information content (AvgIpc) is 2.78. The highest BCUT2D eigenvalue weighted by Gasteiger charge is 2.28. The first kappa shape index (κ1) is 24.8. The van der Waals surface area contributed by atoms with Crippen LogP contribution in [0.15, 0.2) is 64.2 Å². The number of halogens is 5. The van der Waals surface area contributed by atoms with Crippen LogP contribution in [0, 0.1) is 29.1 Å². The topological polar surface area (TPSA) is 84.0 Å². The molecule has 1 amide bonds. The molecule has 186 valence electrons. The lowest BCUT2D eigenvalue weighted by Gasteiger charge is -2.22. The number of aromatic amines is 1. The fraction of sp³-hybridized carbons (Fsp3) is 0.160. The predicted octanol–water partition coefficient (Wildman–Crippen LogP) is 4.05. The summed E-state index contributed by atoms with van der Waals surface area (Å²) in [7, 11) is 0. The van der Waals surface area contributed by atoms with Crippen molar-refractivity contribution in [3.8, 4) is 0 Å². The van der Waals surface area contributed by atoms with E-state index < -0.39 is 64.7 Å². The molecule has 0 bridgehead atoms. The minimum atomic E-state index is -1.67. The van der Waals surface area contributed by atoms with E-state index in [4.69, 9.17) is 0 Å². The Morgan fingerprint density at radius 3 is 2.19 bits per heavy atom. The monoisotopic (exact) mass is 503 g/mol. The largest absolute Gasteiger partial charge is 0.348 e. The van der Waals surface area contributed by atoms with E-state index in [1.807, 2.05) is 0 Å². The Morgan fingerprint density at radius 2 is 1.53 bits per heavy atom. The zero-order valence-corrected chi connectivity index (χ0v) is 18.6. The molecular weight excluding hydrogens is 485 g/mol. The van der Waals surface area contributed by atoms with E-state index in [9.17, 15) is 36.3 Å². The summed E-state index contributed by atoms with van der Waals surface area (Å²) in [5.41, 5.74) is -2.18. The van der Waals surface area contributed by atoms with Gasteiger partial charge in [0.05, 0.1) is 16.9 Å². The quantitative estimate of drug-likeness (QED) is 0.390. The van der Waals surface area contributed by atoms with E-state index in [-0.39, 0.29) is 22.0 Å². The van der Waals surface area contributed by atoms with Gasteiger partial charge >= 0.3 is 5.69 Å². The van der Waals surface area contributed by atoms with Crippen molar-refractivity contribution in [2.45, 2.75) is 25.4 Å². The van der Waals surface area contributed by atoms with E-state index in [0.717, 1.165) is 36.4 Å². The maximum Gasteiger partial charge on any atom is 0.329 e. The zero-order valence-electron chi connectivity index (χ0n) is 18.6. The summed E-state index contributed by atoms with van der Waals surface area (Å²) in [6, 6.07) is 5.54. The number of hydrogen-bond donors (Lipinski definition) is 2. The van der Waals surface area contributed by atoms with Crippen LogP contribution in [0.25, 0.3) is 10.9 Å². The summed E-state index contributed by atoms with van der Waals surface area (Å²) in [6.45, 7) is 1.38. The molecule has 0 fully saturated rings. The second-order valence-electron chi connectivity index (χ2n) is 8.19. The Balaban J connectivity index is 1.81. The predicted molar refractivity (Wildman–Crippen MR) is 121 cm³/mol. The van der Waals surface area contributed by atoms with Crippen molar-refractivity contribution in [1.29, 1.82) is 0 Å². The van der Waals surface area contributed by atoms with Gasteiger partial charge in [-0.3, -0.25) is 9.59 Å². The molecule has 0 radical (unpaired) electrons. The molecule has 36 heavy (non-hydrogen) atoms. The molecule has 4 rings (SSSR count). The molecule has 1 heterocycles. The van der Waals surface area contributed by atoms with Crippen molar-refractivity contribution in [1.82, 2.24) is 14.9 Å². The van der Waals surface area contributed by atoms with Gasteiger partial charge in [-0.25, -0.2) is 31.3 Å². The maximum absolute atomic E-state index is 14.2. The van der Waals surface area contributed by atoms with Gasteiger partial charge in [0.1, 0.15) is 35.1 Å². The van der Waals surface area contributed by atoms with Gasteiger partial charge in [-0.05, 0) is 48.9 Å². The van der Waals surface area contributed by atoms with Gasteiger partial charge in [0.25, 0.3) is 5.56 Å². The van der Waals surface area contributed by atoms with Crippen molar-refractivity contribution >= 4 is 16.8 Å². The molecule has 0 spiro atoms. The molecule has 0 saturated heterocycles. The van der Waals surface area contributed by atoms with Crippen molar-refractivity contribution in [3.05, 3.63) is 116 Å². The Bertz CT molecular complexity index is 1580. The third-order valence-corrected chi connectivity index (χ3v) is 5.64. The highest BCUT2D eigenvalue weighted by Crippen LogP contribution is 2.21. The normalized spacial score (nSPS) is 12.9. The van der Waals surface area contributed by atoms with E-state index in [1.54, 1.807) is 0 Å². The lowest BCUT2D eigenvalue weighted by molar-refractivity contribution is -0.125. The summed E-state index contributed by atoms with van der Waals surface area (Å²) in [5, 5.41) is 2.20. The maximum atomic E-state index is 14.2. The highest BCUT2D eigenvalue weighted by molar-refractivity contribution is 5.82. The van der Waals surface area contributed by atoms with E-state index in [2.05, 4.69) is 10.3 Å². The zero-order chi connectivity index (χ0) is 26.1. The fourth-order valence-corrected chi connectivity index (χ4v) is 3.98. The average molecular weight is 503 g/mol. The van der Waals surface area contributed by atoms with Crippen LogP contribution in [0.1, 0.15) is 30.1 Å². The molecule has 2 atom stereocenters. The summed E-state index contributed by atoms with van der Waals surface area (Å²) < 4.78 is 69.4. The number of rotatable bonds is 6. The van der Waals surface area contributed by atoms with Gasteiger partial charge in [-0.1, -0.05) is 6.07 Å². The Hall–Kier alpha value is -4.28. The van der Waals surface area contributed by atoms with Gasteiger partial charge in [-0.2, -0.15) is 0 Å². The number of benzene rings is 3. The number of carbonyl (C=O) groups excluding carboxylic acids is 1. The molecule has 0 saturated carbocycles. The van der Waals surface area contributed by atoms with E-state index >= 15 is 0 Å². The van der Waals surface area contributed by atoms with Crippen LogP contribution in [0.4, 0.5) is 22.0 Å². The first-order valence-electron chi connectivity index (χ1n) is 10.7. The van der Waals surface area contributed by atoms with Gasteiger partial charge in [0, 0.05) is 24.1 Å². The van der Waals surface area contributed by atoms with Crippen LogP contribution < -0.4 is 16.6 Å². The Labute approximate surface area is 200 Å². The van der Waals surface area contributed by atoms with E-state index in [0.29, 0.717) is 16.7 Å². The van der Waals surface area contributed by atoms with Gasteiger partial charge in [0.2, 0.25) is 5.91 Å². The number of amides is 1. The Morgan fingerprint density at radius 1 is 0.889 bits per heavy atom. The van der Waals surface area contributed by atoms with Crippen molar-refractivity contribution < 1.29 is 26.7 Å². The first-order valence-corrected chi connectivity index (χ1v) is 10.7.